The van der Waals surface area contributed by atoms with E-state index in [1.165, 1.54) is 11.1 Å². The first-order valence-electron chi connectivity index (χ1n) is 5.65. The van der Waals surface area contributed by atoms with E-state index in [4.69, 9.17) is 0 Å². The third kappa shape index (κ3) is 3.30. The summed E-state index contributed by atoms with van der Waals surface area (Å²) in [4.78, 5) is 4.33. The normalized spacial score (nSPS) is 12.4. The highest BCUT2D eigenvalue weighted by molar-refractivity contribution is 9.10. The molecular formula is C13H15BrN2S. The minimum atomic E-state index is 0.277. The van der Waals surface area contributed by atoms with Crippen molar-refractivity contribution in [3.8, 4) is 0 Å². The summed E-state index contributed by atoms with van der Waals surface area (Å²) in [5.41, 5.74) is 2.66. The van der Waals surface area contributed by atoms with Gasteiger partial charge in [0.25, 0.3) is 0 Å². The Morgan fingerprint density at radius 3 is 2.59 bits per heavy atom. The van der Waals surface area contributed by atoms with E-state index in [2.05, 4.69) is 64.3 Å². The van der Waals surface area contributed by atoms with E-state index in [-0.39, 0.29) is 6.04 Å². The average molecular weight is 311 g/mol. The first-order chi connectivity index (χ1) is 8.19. The Labute approximate surface area is 114 Å². The minimum absolute atomic E-state index is 0.277. The number of hydrogen-bond acceptors (Lipinski definition) is 3. The van der Waals surface area contributed by atoms with Gasteiger partial charge in [0.05, 0.1) is 6.04 Å². The fourth-order valence-electron chi connectivity index (χ4n) is 1.63. The maximum atomic E-state index is 4.33. The molecule has 17 heavy (non-hydrogen) atoms. The molecule has 1 aromatic carbocycles. The van der Waals surface area contributed by atoms with Crippen LogP contribution in [0.4, 0.5) is 5.13 Å². The Morgan fingerprint density at radius 2 is 2.06 bits per heavy atom. The first kappa shape index (κ1) is 12.6. The molecule has 1 N–H and O–H groups in total. The molecule has 90 valence electrons. The number of halogens is 1. The van der Waals surface area contributed by atoms with Gasteiger partial charge in [-0.2, -0.15) is 0 Å². The third-order valence-electron chi connectivity index (χ3n) is 2.70. The van der Waals surface area contributed by atoms with Gasteiger partial charge >= 0.3 is 0 Å². The number of rotatable bonds is 4. The number of nitrogens with one attached hydrogen (secondary N) is 1. The number of nitrogens with zero attached hydrogens (tertiary/aromatic N) is 1. The predicted octanol–water partition coefficient (Wildman–Crippen LogP) is 4.64. The second kappa shape index (κ2) is 5.65. The molecule has 0 bridgehead atoms. The smallest absolute Gasteiger partial charge is 0.184 e. The van der Waals surface area contributed by atoms with E-state index in [9.17, 15) is 0 Å². The van der Waals surface area contributed by atoms with E-state index < -0.39 is 0 Å². The van der Waals surface area contributed by atoms with E-state index in [0.717, 1.165) is 16.2 Å². The Balaban J connectivity index is 2.06. The highest BCUT2D eigenvalue weighted by Crippen LogP contribution is 2.24. The summed E-state index contributed by atoms with van der Waals surface area (Å²) in [6.45, 7) is 4.32. The first-order valence-corrected chi connectivity index (χ1v) is 7.32. The SMILES string of the molecule is CCc1ccc(C(C)Nc2nc(Br)cs2)cc1. The van der Waals surface area contributed by atoms with E-state index in [0.29, 0.717) is 0 Å². The van der Waals surface area contributed by atoms with Crippen molar-refractivity contribution in [1.82, 2.24) is 4.98 Å². The fraction of sp³-hybridized carbons (Fsp3) is 0.308. The highest BCUT2D eigenvalue weighted by atomic mass is 79.9. The molecule has 0 amide bonds. The lowest BCUT2D eigenvalue weighted by atomic mass is 10.1. The van der Waals surface area contributed by atoms with Crippen LogP contribution in [0.5, 0.6) is 0 Å². The summed E-state index contributed by atoms with van der Waals surface area (Å²) >= 11 is 4.97. The molecule has 1 heterocycles. The van der Waals surface area contributed by atoms with Crippen molar-refractivity contribution in [2.24, 2.45) is 0 Å². The van der Waals surface area contributed by atoms with Crippen LogP contribution in [0, 0.1) is 0 Å². The van der Waals surface area contributed by atoms with Crippen LogP contribution >= 0.6 is 27.3 Å². The van der Waals surface area contributed by atoms with Gasteiger partial charge in [-0.25, -0.2) is 4.98 Å². The van der Waals surface area contributed by atoms with Gasteiger partial charge < -0.3 is 5.32 Å². The van der Waals surface area contributed by atoms with Crippen molar-refractivity contribution >= 4 is 32.4 Å². The lowest BCUT2D eigenvalue weighted by Crippen LogP contribution is -2.06. The molecule has 0 fully saturated rings. The van der Waals surface area contributed by atoms with Crippen molar-refractivity contribution < 1.29 is 0 Å². The lowest BCUT2D eigenvalue weighted by Gasteiger charge is -2.13. The topological polar surface area (TPSA) is 24.9 Å². The minimum Gasteiger partial charge on any atom is -0.355 e. The van der Waals surface area contributed by atoms with E-state index in [1.807, 2.05) is 5.38 Å². The second-order valence-electron chi connectivity index (χ2n) is 3.94. The molecule has 1 atom stereocenters. The van der Waals surface area contributed by atoms with Gasteiger partial charge in [-0.05, 0) is 40.4 Å². The van der Waals surface area contributed by atoms with Crippen molar-refractivity contribution in [1.29, 1.82) is 0 Å². The maximum Gasteiger partial charge on any atom is 0.184 e. The fourth-order valence-corrected chi connectivity index (χ4v) is 2.86. The van der Waals surface area contributed by atoms with Crippen LogP contribution in [0.15, 0.2) is 34.2 Å². The molecule has 0 saturated carbocycles. The summed E-state index contributed by atoms with van der Waals surface area (Å²) in [5.74, 6) is 0. The standard InChI is InChI=1S/C13H15BrN2S/c1-3-10-4-6-11(7-5-10)9(2)15-13-16-12(14)8-17-13/h4-9H,3H2,1-2H3,(H,15,16). The monoisotopic (exact) mass is 310 g/mol. The molecule has 2 rings (SSSR count). The second-order valence-corrected chi connectivity index (χ2v) is 5.61. The molecule has 1 unspecified atom stereocenters. The predicted molar refractivity (Wildman–Crippen MR) is 77.7 cm³/mol. The summed E-state index contributed by atoms with van der Waals surface area (Å²) in [6.07, 6.45) is 1.08. The molecule has 0 aliphatic carbocycles. The summed E-state index contributed by atoms with van der Waals surface area (Å²) in [7, 11) is 0. The Morgan fingerprint density at radius 1 is 1.35 bits per heavy atom. The molecular weight excluding hydrogens is 296 g/mol. The van der Waals surface area contributed by atoms with Gasteiger partial charge in [-0.15, -0.1) is 11.3 Å². The van der Waals surface area contributed by atoms with Gasteiger partial charge in [0.1, 0.15) is 4.60 Å². The molecule has 0 saturated heterocycles. The van der Waals surface area contributed by atoms with Crippen molar-refractivity contribution in [3.63, 3.8) is 0 Å². The van der Waals surface area contributed by atoms with Crippen molar-refractivity contribution in [2.45, 2.75) is 26.3 Å². The quantitative estimate of drug-likeness (QED) is 0.889. The molecule has 0 aliphatic rings. The van der Waals surface area contributed by atoms with Crippen LogP contribution < -0.4 is 5.32 Å². The average Bonchev–Trinajstić information content (AvgIpc) is 2.75. The largest absolute Gasteiger partial charge is 0.355 e. The van der Waals surface area contributed by atoms with Crippen LogP contribution in [-0.4, -0.2) is 4.98 Å². The van der Waals surface area contributed by atoms with Crippen LogP contribution in [0.2, 0.25) is 0 Å². The molecule has 4 heteroatoms. The molecule has 0 aliphatic heterocycles. The number of thiazole rings is 1. The third-order valence-corrected chi connectivity index (χ3v) is 4.19. The highest BCUT2D eigenvalue weighted by Gasteiger charge is 2.07. The van der Waals surface area contributed by atoms with Crippen LogP contribution in [0.25, 0.3) is 0 Å². The van der Waals surface area contributed by atoms with Crippen molar-refractivity contribution in [2.75, 3.05) is 5.32 Å². The summed E-state index contributed by atoms with van der Waals surface area (Å²) < 4.78 is 0.888. The van der Waals surface area contributed by atoms with Crippen LogP contribution in [0.1, 0.15) is 31.0 Å². The van der Waals surface area contributed by atoms with E-state index in [1.54, 1.807) is 11.3 Å². The molecule has 1 aromatic heterocycles. The zero-order valence-corrected chi connectivity index (χ0v) is 12.3. The number of hydrogen-bond donors (Lipinski definition) is 1. The van der Waals surface area contributed by atoms with Crippen LogP contribution in [-0.2, 0) is 6.42 Å². The van der Waals surface area contributed by atoms with Crippen LogP contribution in [0.3, 0.4) is 0 Å². The Bertz CT molecular complexity index is 478. The van der Waals surface area contributed by atoms with Gasteiger partial charge in [0, 0.05) is 5.38 Å². The number of benzene rings is 1. The van der Waals surface area contributed by atoms with E-state index >= 15 is 0 Å². The molecule has 0 spiro atoms. The molecule has 2 nitrogen and oxygen atoms in total. The summed E-state index contributed by atoms with van der Waals surface area (Å²) in [6, 6.07) is 9.01. The Hall–Kier alpha value is -0.870. The van der Waals surface area contributed by atoms with Crippen molar-refractivity contribution in [3.05, 3.63) is 45.4 Å². The van der Waals surface area contributed by atoms with Gasteiger partial charge in [-0.3, -0.25) is 0 Å². The lowest BCUT2D eigenvalue weighted by molar-refractivity contribution is 0.879. The van der Waals surface area contributed by atoms with Gasteiger partial charge in [-0.1, -0.05) is 31.2 Å². The zero-order valence-electron chi connectivity index (χ0n) is 9.90. The van der Waals surface area contributed by atoms with Gasteiger partial charge in [0.15, 0.2) is 5.13 Å². The zero-order chi connectivity index (χ0) is 12.3. The number of anilines is 1. The maximum absolute atomic E-state index is 4.33. The Kier molecular flexibility index (Phi) is 4.18. The number of aromatic nitrogens is 1. The van der Waals surface area contributed by atoms with Gasteiger partial charge in [0.2, 0.25) is 0 Å². The number of aryl methyl sites for hydroxylation is 1. The molecule has 2 aromatic rings. The summed E-state index contributed by atoms with van der Waals surface area (Å²) in [5, 5.41) is 6.32. The molecule has 0 radical (unpaired) electrons.